The van der Waals surface area contributed by atoms with E-state index in [0.717, 1.165) is 46.4 Å². The first-order chi connectivity index (χ1) is 14.7. The Morgan fingerprint density at radius 3 is 2.80 bits per heavy atom. The first kappa shape index (κ1) is 18.6. The third kappa shape index (κ3) is 4.00. The second kappa shape index (κ2) is 8.16. The summed E-state index contributed by atoms with van der Waals surface area (Å²) in [4.78, 5) is 16.8. The molecular weight excluding hydrogens is 396 g/mol. The van der Waals surface area contributed by atoms with Gasteiger partial charge in [0.1, 0.15) is 5.75 Å². The predicted molar refractivity (Wildman–Crippen MR) is 116 cm³/mol. The number of benzene rings is 2. The summed E-state index contributed by atoms with van der Waals surface area (Å²) >= 11 is 1.48. The summed E-state index contributed by atoms with van der Waals surface area (Å²) < 4.78 is 10.9. The van der Waals surface area contributed by atoms with Gasteiger partial charge in [-0.05, 0) is 46.5 Å². The summed E-state index contributed by atoms with van der Waals surface area (Å²) in [7, 11) is 0. The minimum Gasteiger partial charge on any atom is -0.493 e. The number of hydrogen-bond acceptors (Lipinski definition) is 5. The molecule has 0 fully saturated rings. The standard InChI is InChI=1S/C24H20N2O3S/c27-23(13-20-15-30-24(26-20)22-2-1-10-28-22)25-14-16-3-5-17(6-4-16)18-7-8-21-19(12-18)9-11-29-21/h1-8,10,12,15H,9,11,13-14H2,(H,25,27). The summed E-state index contributed by atoms with van der Waals surface area (Å²) in [5.74, 6) is 1.67. The second-order valence-electron chi connectivity index (χ2n) is 7.19. The Kier molecular flexibility index (Phi) is 5.07. The number of furan rings is 1. The largest absolute Gasteiger partial charge is 0.493 e. The second-order valence-corrected chi connectivity index (χ2v) is 8.05. The Balaban J connectivity index is 1.17. The maximum Gasteiger partial charge on any atom is 0.226 e. The number of thiazole rings is 1. The minimum atomic E-state index is -0.0472. The first-order valence-corrected chi connectivity index (χ1v) is 10.7. The van der Waals surface area contributed by atoms with Gasteiger partial charge in [0.2, 0.25) is 5.91 Å². The number of aromatic nitrogens is 1. The van der Waals surface area contributed by atoms with E-state index in [1.807, 2.05) is 23.6 Å². The van der Waals surface area contributed by atoms with Crippen molar-refractivity contribution in [3.63, 3.8) is 0 Å². The minimum absolute atomic E-state index is 0.0472. The molecule has 0 saturated heterocycles. The van der Waals surface area contributed by atoms with E-state index in [2.05, 4.69) is 46.7 Å². The van der Waals surface area contributed by atoms with Crippen LogP contribution in [0.1, 0.15) is 16.8 Å². The molecule has 150 valence electrons. The molecule has 1 aliphatic heterocycles. The summed E-state index contributed by atoms with van der Waals surface area (Å²) in [6, 6.07) is 18.3. The van der Waals surface area contributed by atoms with Crippen LogP contribution < -0.4 is 10.1 Å². The third-order valence-corrected chi connectivity index (χ3v) is 6.00. The van der Waals surface area contributed by atoms with Crippen molar-refractivity contribution in [1.82, 2.24) is 10.3 Å². The number of nitrogens with zero attached hydrogens (tertiary/aromatic N) is 1. The highest BCUT2D eigenvalue weighted by Crippen LogP contribution is 2.30. The average molecular weight is 417 g/mol. The van der Waals surface area contributed by atoms with Crippen LogP contribution >= 0.6 is 11.3 Å². The monoisotopic (exact) mass is 416 g/mol. The zero-order chi connectivity index (χ0) is 20.3. The van der Waals surface area contributed by atoms with E-state index in [4.69, 9.17) is 9.15 Å². The van der Waals surface area contributed by atoms with E-state index in [9.17, 15) is 4.79 Å². The van der Waals surface area contributed by atoms with Crippen LogP contribution in [0.4, 0.5) is 0 Å². The van der Waals surface area contributed by atoms with Gasteiger partial charge in [0.05, 0.1) is 25.0 Å². The smallest absolute Gasteiger partial charge is 0.226 e. The molecule has 0 unspecified atom stereocenters. The molecule has 0 atom stereocenters. The average Bonchev–Trinajstić information content (AvgIpc) is 3.53. The van der Waals surface area contributed by atoms with Gasteiger partial charge in [-0.25, -0.2) is 4.98 Å². The number of carbonyl (C=O) groups is 1. The Morgan fingerprint density at radius 1 is 1.10 bits per heavy atom. The van der Waals surface area contributed by atoms with E-state index in [1.165, 1.54) is 22.5 Å². The molecule has 6 heteroatoms. The molecule has 2 aromatic heterocycles. The van der Waals surface area contributed by atoms with Crippen LogP contribution in [0.25, 0.3) is 21.9 Å². The van der Waals surface area contributed by atoms with Crippen LogP contribution in [0.15, 0.2) is 70.7 Å². The highest BCUT2D eigenvalue weighted by atomic mass is 32.1. The quantitative estimate of drug-likeness (QED) is 0.487. The van der Waals surface area contributed by atoms with Crippen molar-refractivity contribution < 1.29 is 13.9 Å². The molecular formula is C24H20N2O3S. The van der Waals surface area contributed by atoms with Gasteiger partial charge in [-0.2, -0.15) is 0 Å². The Labute approximate surface area is 178 Å². The lowest BCUT2D eigenvalue weighted by atomic mass is 10.0. The van der Waals surface area contributed by atoms with Crippen LogP contribution in [0.5, 0.6) is 5.75 Å². The van der Waals surface area contributed by atoms with Crippen LogP contribution in [-0.2, 0) is 24.2 Å². The van der Waals surface area contributed by atoms with E-state index in [1.54, 1.807) is 6.26 Å². The van der Waals surface area contributed by atoms with Gasteiger partial charge in [0.25, 0.3) is 0 Å². The molecule has 5 rings (SSSR count). The molecule has 0 aliphatic carbocycles. The van der Waals surface area contributed by atoms with Crippen LogP contribution in [0, 0.1) is 0 Å². The lowest BCUT2D eigenvalue weighted by Gasteiger charge is -2.07. The van der Waals surface area contributed by atoms with E-state index in [0.29, 0.717) is 6.54 Å². The molecule has 0 radical (unpaired) electrons. The van der Waals surface area contributed by atoms with E-state index < -0.39 is 0 Å². The SMILES string of the molecule is O=C(Cc1csc(-c2ccco2)n1)NCc1ccc(-c2ccc3c(c2)CCO3)cc1. The van der Waals surface area contributed by atoms with Gasteiger partial charge in [0, 0.05) is 18.3 Å². The summed E-state index contributed by atoms with van der Waals surface area (Å²) in [6.45, 7) is 1.26. The third-order valence-electron chi connectivity index (χ3n) is 5.09. The maximum atomic E-state index is 12.3. The fourth-order valence-corrected chi connectivity index (χ4v) is 4.30. The molecule has 2 aromatic carbocycles. The Hall–Kier alpha value is -3.38. The highest BCUT2D eigenvalue weighted by molar-refractivity contribution is 7.13. The van der Waals surface area contributed by atoms with Gasteiger partial charge in [-0.1, -0.05) is 30.3 Å². The number of fused-ring (bicyclic) bond motifs is 1. The lowest BCUT2D eigenvalue weighted by molar-refractivity contribution is -0.120. The van der Waals surface area contributed by atoms with Gasteiger partial charge in [0.15, 0.2) is 10.8 Å². The molecule has 4 aromatic rings. The molecule has 5 nitrogen and oxygen atoms in total. The zero-order valence-electron chi connectivity index (χ0n) is 16.3. The number of nitrogens with one attached hydrogen (secondary N) is 1. The normalized spacial score (nSPS) is 12.4. The van der Waals surface area contributed by atoms with Crippen molar-refractivity contribution in [2.45, 2.75) is 19.4 Å². The highest BCUT2D eigenvalue weighted by Gasteiger charge is 2.13. The Morgan fingerprint density at radius 2 is 1.97 bits per heavy atom. The topological polar surface area (TPSA) is 64.4 Å². The molecule has 1 aliphatic rings. The number of carbonyl (C=O) groups excluding carboxylic acids is 1. The Bertz CT molecular complexity index is 1160. The van der Waals surface area contributed by atoms with Crippen molar-refractivity contribution in [1.29, 1.82) is 0 Å². The maximum absolute atomic E-state index is 12.3. The van der Waals surface area contributed by atoms with Crippen molar-refractivity contribution in [2.24, 2.45) is 0 Å². The molecule has 0 saturated carbocycles. The molecule has 0 bridgehead atoms. The van der Waals surface area contributed by atoms with Gasteiger partial charge >= 0.3 is 0 Å². The predicted octanol–water partition coefficient (Wildman–Crippen LogP) is 4.86. The van der Waals surface area contributed by atoms with Crippen molar-refractivity contribution in [3.05, 3.63) is 83.1 Å². The lowest BCUT2D eigenvalue weighted by Crippen LogP contribution is -2.24. The van der Waals surface area contributed by atoms with Gasteiger partial charge < -0.3 is 14.5 Å². The number of hydrogen-bond donors (Lipinski definition) is 1. The van der Waals surface area contributed by atoms with E-state index in [-0.39, 0.29) is 12.3 Å². The van der Waals surface area contributed by atoms with Crippen molar-refractivity contribution in [2.75, 3.05) is 6.61 Å². The molecule has 0 spiro atoms. The first-order valence-electron chi connectivity index (χ1n) is 9.84. The van der Waals surface area contributed by atoms with Crippen molar-refractivity contribution >= 4 is 17.2 Å². The fourth-order valence-electron chi connectivity index (χ4n) is 3.51. The number of rotatable bonds is 6. The zero-order valence-corrected chi connectivity index (χ0v) is 17.1. The molecule has 1 amide bonds. The van der Waals surface area contributed by atoms with Crippen LogP contribution in [-0.4, -0.2) is 17.5 Å². The summed E-state index contributed by atoms with van der Waals surface area (Å²) in [5.41, 5.74) is 5.42. The summed E-state index contributed by atoms with van der Waals surface area (Å²) in [6.07, 6.45) is 2.84. The van der Waals surface area contributed by atoms with Crippen LogP contribution in [0.3, 0.4) is 0 Å². The van der Waals surface area contributed by atoms with Crippen LogP contribution in [0.2, 0.25) is 0 Å². The summed E-state index contributed by atoms with van der Waals surface area (Å²) in [5, 5.41) is 5.66. The van der Waals surface area contributed by atoms with Gasteiger partial charge in [-0.3, -0.25) is 4.79 Å². The molecule has 1 N–H and O–H groups in total. The molecule has 3 heterocycles. The van der Waals surface area contributed by atoms with Gasteiger partial charge in [-0.15, -0.1) is 11.3 Å². The number of amides is 1. The molecule has 30 heavy (non-hydrogen) atoms. The fraction of sp³-hybridized carbons (Fsp3) is 0.167. The van der Waals surface area contributed by atoms with Crippen molar-refractivity contribution in [3.8, 4) is 27.6 Å². The van der Waals surface area contributed by atoms with E-state index >= 15 is 0 Å². The number of ether oxygens (including phenoxy) is 1.